The largest absolute Gasteiger partial charge is 0.335 e. The molecule has 0 spiro atoms. The van der Waals surface area contributed by atoms with Crippen LogP contribution in [0.2, 0.25) is 0 Å². The Morgan fingerprint density at radius 1 is 1.48 bits per heavy atom. The summed E-state index contributed by atoms with van der Waals surface area (Å²) in [6.07, 6.45) is 2.22. The van der Waals surface area contributed by atoms with E-state index in [2.05, 4.69) is 10.2 Å². The lowest BCUT2D eigenvalue weighted by Gasteiger charge is -2.26. The van der Waals surface area contributed by atoms with Gasteiger partial charge in [-0.2, -0.15) is 5.10 Å². The average molecular weight is 307 g/mol. The Labute approximate surface area is 123 Å². The summed E-state index contributed by atoms with van der Waals surface area (Å²) in [5.74, 6) is 0.107. The number of nitrogens with one attached hydrogen (secondary N) is 1. The Bertz CT molecular complexity index is 782. The standard InChI is InChI=1S/C14H17N3O3S/c1-2-17(12-5-6-21(19,20)9-12)14(18)10-3-4-11-8-15-16-13(11)7-10/h3-4,7-8,12H,2,5-6,9H2,1H3,(H,15,16). The second-order valence-electron chi connectivity index (χ2n) is 5.32. The number of carbonyl (C=O) groups excluding carboxylic acids is 1. The molecule has 1 aromatic carbocycles. The maximum Gasteiger partial charge on any atom is 0.254 e. The number of aromatic nitrogens is 2. The number of rotatable bonds is 3. The fourth-order valence-electron chi connectivity index (χ4n) is 2.82. The van der Waals surface area contributed by atoms with E-state index in [4.69, 9.17) is 0 Å². The summed E-state index contributed by atoms with van der Waals surface area (Å²) in [5, 5.41) is 7.71. The van der Waals surface area contributed by atoms with Crippen LogP contribution >= 0.6 is 0 Å². The highest BCUT2D eigenvalue weighted by Crippen LogP contribution is 2.21. The predicted octanol–water partition coefficient (Wildman–Crippen LogP) is 1.21. The molecule has 1 saturated heterocycles. The Hall–Kier alpha value is -1.89. The maximum absolute atomic E-state index is 12.6. The summed E-state index contributed by atoms with van der Waals surface area (Å²) in [6.45, 7) is 2.37. The molecule has 6 nitrogen and oxygen atoms in total. The first-order chi connectivity index (χ1) is 10.00. The number of carbonyl (C=O) groups is 1. The number of sulfone groups is 1. The molecular weight excluding hydrogens is 290 g/mol. The number of nitrogens with zero attached hydrogens (tertiary/aromatic N) is 2. The Kier molecular flexibility index (Phi) is 3.44. The van der Waals surface area contributed by atoms with Gasteiger partial charge in [-0.05, 0) is 25.5 Å². The molecule has 1 aromatic heterocycles. The third kappa shape index (κ3) is 2.65. The molecule has 2 aromatic rings. The maximum atomic E-state index is 12.6. The van der Waals surface area contributed by atoms with Crippen LogP contribution in [-0.2, 0) is 9.84 Å². The number of benzene rings is 1. The summed E-state index contributed by atoms with van der Waals surface area (Å²) in [7, 11) is -3.00. The molecule has 2 heterocycles. The molecule has 1 fully saturated rings. The van der Waals surface area contributed by atoms with Crippen LogP contribution in [0.25, 0.3) is 10.9 Å². The van der Waals surface area contributed by atoms with Crippen molar-refractivity contribution in [2.45, 2.75) is 19.4 Å². The zero-order valence-electron chi connectivity index (χ0n) is 11.7. The SMILES string of the molecule is CCN(C(=O)c1ccc2cn[nH]c2c1)C1CCS(=O)(=O)C1. The van der Waals surface area contributed by atoms with Crippen LogP contribution in [0.3, 0.4) is 0 Å². The Balaban J connectivity index is 1.88. The van der Waals surface area contributed by atoms with Gasteiger partial charge in [-0.3, -0.25) is 9.89 Å². The highest BCUT2D eigenvalue weighted by molar-refractivity contribution is 7.91. The van der Waals surface area contributed by atoms with Crippen molar-refractivity contribution in [2.75, 3.05) is 18.1 Å². The van der Waals surface area contributed by atoms with Crippen molar-refractivity contribution in [1.29, 1.82) is 0 Å². The quantitative estimate of drug-likeness (QED) is 0.924. The lowest BCUT2D eigenvalue weighted by molar-refractivity contribution is 0.0708. The minimum Gasteiger partial charge on any atom is -0.335 e. The van der Waals surface area contributed by atoms with E-state index < -0.39 is 9.84 Å². The Morgan fingerprint density at radius 2 is 2.29 bits per heavy atom. The van der Waals surface area contributed by atoms with E-state index in [0.29, 0.717) is 18.5 Å². The first-order valence-electron chi connectivity index (χ1n) is 6.94. The smallest absolute Gasteiger partial charge is 0.254 e. The van der Waals surface area contributed by atoms with Gasteiger partial charge in [0.2, 0.25) is 0 Å². The molecule has 0 bridgehead atoms. The Morgan fingerprint density at radius 3 is 2.95 bits per heavy atom. The van der Waals surface area contributed by atoms with Gasteiger partial charge in [0.1, 0.15) is 0 Å². The lowest BCUT2D eigenvalue weighted by atomic mass is 10.1. The highest BCUT2D eigenvalue weighted by Gasteiger charge is 2.34. The van der Waals surface area contributed by atoms with Crippen molar-refractivity contribution in [3.8, 4) is 0 Å². The average Bonchev–Trinajstić information content (AvgIpc) is 3.05. The fraction of sp³-hybridized carbons (Fsp3) is 0.429. The highest BCUT2D eigenvalue weighted by atomic mass is 32.2. The summed E-state index contributed by atoms with van der Waals surface area (Å²) < 4.78 is 23.2. The van der Waals surface area contributed by atoms with E-state index in [-0.39, 0.29) is 23.5 Å². The van der Waals surface area contributed by atoms with E-state index in [1.54, 1.807) is 23.2 Å². The van der Waals surface area contributed by atoms with Crippen LogP contribution in [0.1, 0.15) is 23.7 Å². The molecule has 7 heteroatoms. The fourth-order valence-corrected chi connectivity index (χ4v) is 4.56. The van der Waals surface area contributed by atoms with Crippen LogP contribution in [0.4, 0.5) is 0 Å². The van der Waals surface area contributed by atoms with Crippen LogP contribution in [0.5, 0.6) is 0 Å². The number of H-pyrrole nitrogens is 1. The van der Waals surface area contributed by atoms with Crippen LogP contribution in [-0.4, -0.2) is 53.5 Å². The van der Waals surface area contributed by atoms with Gasteiger partial charge in [0.25, 0.3) is 5.91 Å². The number of fused-ring (bicyclic) bond motifs is 1. The number of hydrogen-bond donors (Lipinski definition) is 1. The monoisotopic (exact) mass is 307 g/mol. The molecule has 0 radical (unpaired) electrons. The summed E-state index contributed by atoms with van der Waals surface area (Å²) in [5.41, 5.74) is 1.36. The van der Waals surface area contributed by atoms with E-state index in [0.717, 1.165) is 10.9 Å². The van der Waals surface area contributed by atoms with Gasteiger partial charge in [-0.25, -0.2) is 8.42 Å². The minimum absolute atomic E-state index is 0.0683. The number of hydrogen-bond acceptors (Lipinski definition) is 4. The van der Waals surface area contributed by atoms with Crippen molar-refractivity contribution in [2.24, 2.45) is 0 Å². The number of aromatic amines is 1. The molecule has 1 N–H and O–H groups in total. The van der Waals surface area contributed by atoms with Crippen molar-refractivity contribution >= 4 is 26.6 Å². The third-order valence-electron chi connectivity index (χ3n) is 3.94. The predicted molar refractivity (Wildman–Crippen MR) is 79.9 cm³/mol. The van der Waals surface area contributed by atoms with Gasteiger partial charge in [0, 0.05) is 23.5 Å². The number of amides is 1. The molecule has 1 aliphatic heterocycles. The van der Waals surface area contributed by atoms with Crippen molar-refractivity contribution in [3.05, 3.63) is 30.0 Å². The van der Waals surface area contributed by atoms with Crippen LogP contribution < -0.4 is 0 Å². The van der Waals surface area contributed by atoms with Crippen LogP contribution in [0.15, 0.2) is 24.4 Å². The lowest BCUT2D eigenvalue weighted by Crippen LogP contribution is -2.40. The molecule has 1 aliphatic rings. The van der Waals surface area contributed by atoms with Gasteiger partial charge in [0.15, 0.2) is 9.84 Å². The third-order valence-corrected chi connectivity index (χ3v) is 5.69. The molecule has 0 aliphatic carbocycles. The minimum atomic E-state index is -3.00. The molecule has 0 saturated carbocycles. The van der Waals surface area contributed by atoms with Crippen molar-refractivity contribution in [1.82, 2.24) is 15.1 Å². The van der Waals surface area contributed by atoms with Gasteiger partial charge in [0.05, 0.1) is 23.2 Å². The zero-order valence-corrected chi connectivity index (χ0v) is 12.6. The summed E-state index contributed by atoms with van der Waals surface area (Å²) >= 11 is 0. The first-order valence-corrected chi connectivity index (χ1v) is 8.77. The molecule has 21 heavy (non-hydrogen) atoms. The van der Waals surface area contributed by atoms with Gasteiger partial charge in [-0.1, -0.05) is 6.07 Å². The molecule has 112 valence electrons. The normalized spacial score (nSPS) is 20.7. The molecule has 1 atom stereocenters. The van der Waals surface area contributed by atoms with E-state index in [9.17, 15) is 13.2 Å². The summed E-state index contributed by atoms with van der Waals surface area (Å²) in [6, 6.07) is 5.14. The van der Waals surface area contributed by atoms with Crippen molar-refractivity contribution in [3.63, 3.8) is 0 Å². The first kappa shape index (κ1) is 14.1. The second-order valence-corrected chi connectivity index (χ2v) is 7.55. The van der Waals surface area contributed by atoms with E-state index >= 15 is 0 Å². The topological polar surface area (TPSA) is 83.1 Å². The molecule has 1 unspecified atom stereocenters. The van der Waals surface area contributed by atoms with Crippen LogP contribution in [0, 0.1) is 0 Å². The van der Waals surface area contributed by atoms with Gasteiger partial charge in [-0.15, -0.1) is 0 Å². The van der Waals surface area contributed by atoms with E-state index in [1.165, 1.54) is 0 Å². The molecule has 3 rings (SSSR count). The van der Waals surface area contributed by atoms with Gasteiger partial charge < -0.3 is 4.90 Å². The molecule has 1 amide bonds. The van der Waals surface area contributed by atoms with Gasteiger partial charge >= 0.3 is 0 Å². The van der Waals surface area contributed by atoms with Crippen molar-refractivity contribution < 1.29 is 13.2 Å². The van der Waals surface area contributed by atoms with E-state index in [1.807, 2.05) is 13.0 Å². The summed E-state index contributed by atoms with van der Waals surface area (Å²) in [4.78, 5) is 14.3. The second kappa shape index (κ2) is 5.14. The zero-order chi connectivity index (χ0) is 15.0. The molecular formula is C14H17N3O3S.